The van der Waals surface area contributed by atoms with Crippen LogP contribution in [0.3, 0.4) is 0 Å². The smallest absolute Gasteiger partial charge is 0.408 e. The molecular weight excluding hydrogens is 284 g/mol. The van der Waals surface area contributed by atoms with Crippen LogP contribution in [0.15, 0.2) is 33.5 Å². The van der Waals surface area contributed by atoms with E-state index in [0.29, 0.717) is 30.8 Å². The number of carbonyl (C=O) groups is 1. The number of ether oxygens (including phenoxy) is 1. The SMILES string of the molecule is CCO[C@H]1CCCN(C(=O)Cn2c(=O)oc3ccccc32)C1. The van der Waals surface area contributed by atoms with Crippen molar-refractivity contribution in [1.29, 1.82) is 0 Å². The Bertz CT molecular complexity index is 716. The van der Waals surface area contributed by atoms with Crippen LogP contribution in [0.1, 0.15) is 19.8 Å². The van der Waals surface area contributed by atoms with E-state index in [1.165, 1.54) is 4.57 Å². The summed E-state index contributed by atoms with van der Waals surface area (Å²) in [5.74, 6) is -0.564. The summed E-state index contributed by atoms with van der Waals surface area (Å²) in [5, 5.41) is 0. The highest BCUT2D eigenvalue weighted by atomic mass is 16.5. The molecule has 1 aromatic heterocycles. The predicted molar refractivity (Wildman–Crippen MR) is 81.7 cm³/mol. The Morgan fingerprint density at radius 1 is 1.41 bits per heavy atom. The second kappa shape index (κ2) is 6.36. The van der Waals surface area contributed by atoms with Crippen LogP contribution in [-0.2, 0) is 16.1 Å². The van der Waals surface area contributed by atoms with E-state index in [4.69, 9.17) is 9.15 Å². The van der Waals surface area contributed by atoms with E-state index in [0.717, 1.165) is 12.8 Å². The van der Waals surface area contributed by atoms with Crippen molar-refractivity contribution in [3.05, 3.63) is 34.8 Å². The van der Waals surface area contributed by atoms with Gasteiger partial charge in [0.25, 0.3) is 0 Å². The Labute approximate surface area is 128 Å². The lowest BCUT2D eigenvalue weighted by atomic mass is 10.1. The topological polar surface area (TPSA) is 64.7 Å². The summed E-state index contributed by atoms with van der Waals surface area (Å²) in [6.07, 6.45) is 2.00. The van der Waals surface area contributed by atoms with Crippen LogP contribution in [0.2, 0.25) is 0 Å². The minimum Gasteiger partial charge on any atom is -0.408 e. The third-order valence-electron chi connectivity index (χ3n) is 4.00. The normalized spacial score (nSPS) is 18.8. The molecule has 22 heavy (non-hydrogen) atoms. The lowest BCUT2D eigenvalue weighted by molar-refractivity contribution is -0.135. The number of nitrogens with zero attached hydrogens (tertiary/aromatic N) is 2. The molecule has 0 unspecified atom stereocenters. The average Bonchev–Trinajstić information content (AvgIpc) is 2.84. The highest BCUT2D eigenvalue weighted by Crippen LogP contribution is 2.15. The van der Waals surface area contributed by atoms with E-state index >= 15 is 0 Å². The molecule has 118 valence electrons. The molecular formula is C16H20N2O4. The van der Waals surface area contributed by atoms with Gasteiger partial charge in [0.05, 0.1) is 11.6 Å². The first kappa shape index (κ1) is 14.8. The first-order valence-electron chi connectivity index (χ1n) is 7.66. The van der Waals surface area contributed by atoms with Crippen LogP contribution in [-0.4, -0.2) is 41.2 Å². The highest BCUT2D eigenvalue weighted by Gasteiger charge is 2.25. The van der Waals surface area contributed by atoms with E-state index in [1.807, 2.05) is 13.0 Å². The van der Waals surface area contributed by atoms with Crippen molar-refractivity contribution in [3.63, 3.8) is 0 Å². The lowest BCUT2D eigenvalue weighted by Gasteiger charge is -2.32. The van der Waals surface area contributed by atoms with Gasteiger partial charge in [0, 0.05) is 19.7 Å². The van der Waals surface area contributed by atoms with Gasteiger partial charge in [0.2, 0.25) is 5.91 Å². The highest BCUT2D eigenvalue weighted by molar-refractivity contribution is 5.79. The Hall–Kier alpha value is -2.08. The molecule has 0 bridgehead atoms. The van der Waals surface area contributed by atoms with E-state index in [1.54, 1.807) is 23.1 Å². The molecule has 1 saturated heterocycles. The molecule has 6 nitrogen and oxygen atoms in total. The van der Waals surface area contributed by atoms with Crippen molar-refractivity contribution in [2.45, 2.75) is 32.4 Å². The molecule has 1 fully saturated rings. The molecule has 3 rings (SSSR count). The summed E-state index contributed by atoms with van der Waals surface area (Å²) in [4.78, 5) is 26.2. The Morgan fingerprint density at radius 3 is 3.05 bits per heavy atom. The van der Waals surface area contributed by atoms with Crippen LogP contribution in [0.5, 0.6) is 0 Å². The molecule has 0 N–H and O–H groups in total. The summed E-state index contributed by atoms with van der Waals surface area (Å²) in [6.45, 7) is 3.93. The Kier molecular flexibility index (Phi) is 4.29. The maximum Gasteiger partial charge on any atom is 0.420 e. The summed E-state index contributed by atoms with van der Waals surface area (Å²) < 4.78 is 12.2. The van der Waals surface area contributed by atoms with E-state index < -0.39 is 5.76 Å². The zero-order chi connectivity index (χ0) is 15.5. The fourth-order valence-corrected chi connectivity index (χ4v) is 2.94. The minimum absolute atomic E-state index is 0.00862. The number of fused-ring (bicyclic) bond motifs is 1. The number of carbonyl (C=O) groups excluding carboxylic acids is 1. The summed E-state index contributed by atoms with van der Waals surface area (Å²) in [5.41, 5.74) is 1.16. The molecule has 1 aliphatic heterocycles. The molecule has 0 aliphatic carbocycles. The number of hydrogen-bond acceptors (Lipinski definition) is 4. The number of rotatable bonds is 4. The standard InChI is InChI=1S/C16H20N2O4/c1-2-21-12-6-5-9-17(10-12)15(19)11-18-13-7-3-4-8-14(13)22-16(18)20/h3-4,7-8,12H,2,5-6,9-11H2,1H3/t12-/m0/s1. The van der Waals surface area contributed by atoms with Gasteiger partial charge in [-0.05, 0) is 31.9 Å². The monoisotopic (exact) mass is 304 g/mol. The van der Waals surface area contributed by atoms with Crippen molar-refractivity contribution < 1.29 is 13.9 Å². The fourth-order valence-electron chi connectivity index (χ4n) is 2.94. The maximum atomic E-state index is 12.5. The summed E-state index contributed by atoms with van der Waals surface area (Å²) >= 11 is 0. The number of aromatic nitrogens is 1. The van der Waals surface area contributed by atoms with Crippen LogP contribution >= 0.6 is 0 Å². The molecule has 1 aromatic carbocycles. The van der Waals surface area contributed by atoms with Gasteiger partial charge in [0.15, 0.2) is 5.58 Å². The fraction of sp³-hybridized carbons (Fsp3) is 0.500. The number of oxazole rings is 1. The lowest BCUT2D eigenvalue weighted by Crippen LogP contribution is -2.45. The number of benzene rings is 1. The molecule has 2 heterocycles. The third kappa shape index (κ3) is 2.92. The maximum absolute atomic E-state index is 12.5. The van der Waals surface area contributed by atoms with Gasteiger partial charge in [-0.1, -0.05) is 12.1 Å². The Morgan fingerprint density at radius 2 is 2.23 bits per heavy atom. The van der Waals surface area contributed by atoms with Gasteiger partial charge in [-0.3, -0.25) is 9.36 Å². The zero-order valence-electron chi connectivity index (χ0n) is 12.7. The molecule has 1 atom stereocenters. The number of para-hydroxylation sites is 2. The van der Waals surface area contributed by atoms with Crippen LogP contribution in [0.25, 0.3) is 11.1 Å². The molecule has 0 saturated carbocycles. The van der Waals surface area contributed by atoms with Gasteiger partial charge >= 0.3 is 5.76 Å². The van der Waals surface area contributed by atoms with Crippen molar-refractivity contribution >= 4 is 17.0 Å². The summed E-state index contributed by atoms with van der Waals surface area (Å²) in [7, 11) is 0. The molecule has 2 aromatic rings. The first-order valence-corrected chi connectivity index (χ1v) is 7.66. The van der Waals surface area contributed by atoms with Crippen molar-refractivity contribution in [3.8, 4) is 0 Å². The van der Waals surface area contributed by atoms with Crippen molar-refractivity contribution in [2.24, 2.45) is 0 Å². The molecule has 1 aliphatic rings. The second-order valence-corrected chi connectivity index (χ2v) is 5.48. The first-order chi connectivity index (χ1) is 10.7. The molecule has 1 amide bonds. The zero-order valence-corrected chi connectivity index (χ0v) is 12.7. The van der Waals surface area contributed by atoms with E-state index in [9.17, 15) is 9.59 Å². The van der Waals surface area contributed by atoms with Crippen LogP contribution < -0.4 is 5.76 Å². The van der Waals surface area contributed by atoms with E-state index in [2.05, 4.69) is 0 Å². The quantitative estimate of drug-likeness (QED) is 0.861. The Balaban J connectivity index is 1.75. The van der Waals surface area contributed by atoms with Crippen molar-refractivity contribution in [1.82, 2.24) is 9.47 Å². The number of hydrogen-bond donors (Lipinski definition) is 0. The van der Waals surface area contributed by atoms with Gasteiger partial charge in [0.1, 0.15) is 6.54 Å². The molecule has 0 radical (unpaired) electrons. The van der Waals surface area contributed by atoms with Gasteiger partial charge < -0.3 is 14.1 Å². The van der Waals surface area contributed by atoms with Crippen LogP contribution in [0.4, 0.5) is 0 Å². The largest absolute Gasteiger partial charge is 0.420 e. The van der Waals surface area contributed by atoms with Crippen molar-refractivity contribution in [2.75, 3.05) is 19.7 Å². The van der Waals surface area contributed by atoms with E-state index in [-0.39, 0.29) is 18.6 Å². The van der Waals surface area contributed by atoms with Gasteiger partial charge in [-0.2, -0.15) is 0 Å². The number of piperidine rings is 1. The van der Waals surface area contributed by atoms with Gasteiger partial charge in [-0.15, -0.1) is 0 Å². The summed E-state index contributed by atoms with van der Waals surface area (Å²) in [6, 6.07) is 7.13. The molecule has 6 heteroatoms. The third-order valence-corrected chi connectivity index (χ3v) is 4.00. The predicted octanol–water partition coefficient (Wildman–Crippen LogP) is 1.62. The number of amides is 1. The average molecular weight is 304 g/mol. The second-order valence-electron chi connectivity index (χ2n) is 5.48. The van der Waals surface area contributed by atoms with Gasteiger partial charge in [-0.25, -0.2) is 4.79 Å². The molecule has 0 spiro atoms. The minimum atomic E-state index is -0.493. The van der Waals surface area contributed by atoms with Crippen LogP contribution in [0, 0.1) is 0 Å². The number of likely N-dealkylation sites (tertiary alicyclic amines) is 1.